The van der Waals surface area contributed by atoms with Crippen molar-refractivity contribution in [2.75, 3.05) is 19.7 Å². The third kappa shape index (κ3) is 13.7. The molecule has 0 fully saturated rings. The molecule has 3 amide bonds. The van der Waals surface area contributed by atoms with Crippen LogP contribution < -0.4 is 38.9 Å². The summed E-state index contributed by atoms with van der Waals surface area (Å²) in [5.41, 5.74) is 21.4. The maximum absolute atomic E-state index is 12.8. The number of aliphatic hydroxyl groups is 1. The van der Waals surface area contributed by atoms with Crippen molar-refractivity contribution in [3.8, 4) is 0 Å². The molecule has 0 bridgehead atoms. The van der Waals surface area contributed by atoms with Gasteiger partial charge >= 0.3 is 11.9 Å². The van der Waals surface area contributed by atoms with Crippen LogP contribution in [0.4, 0.5) is 0 Å². The van der Waals surface area contributed by atoms with E-state index in [-0.39, 0.29) is 31.8 Å². The first kappa shape index (κ1) is 31.5. The van der Waals surface area contributed by atoms with Gasteiger partial charge in [-0.15, -0.1) is 0 Å². The molecule has 0 saturated carbocycles. The van der Waals surface area contributed by atoms with Crippen molar-refractivity contribution in [2.24, 2.45) is 27.9 Å². The average molecular weight is 505 g/mol. The quantitative estimate of drug-likeness (QED) is 0.0480. The van der Waals surface area contributed by atoms with E-state index in [4.69, 9.17) is 28.0 Å². The molecule has 0 aromatic heterocycles. The number of aliphatic carboxylic acids is 2. The molecule has 200 valence electrons. The maximum Gasteiger partial charge on any atom is 0.326 e. The number of amides is 3. The fraction of sp³-hybridized carbons (Fsp3) is 0.684. The molecular formula is C19H36N8O8. The van der Waals surface area contributed by atoms with Gasteiger partial charge < -0.3 is 54.2 Å². The predicted molar refractivity (Wildman–Crippen MR) is 124 cm³/mol. The fourth-order valence-corrected chi connectivity index (χ4v) is 2.82. The van der Waals surface area contributed by atoms with Crippen LogP contribution in [0.5, 0.6) is 0 Å². The monoisotopic (exact) mass is 504 g/mol. The van der Waals surface area contributed by atoms with Crippen molar-refractivity contribution >= 4 is 35.6 Å². The molecule has 0 aliphatic carbocycles. The SMILES string of the molecule is NCCCCC(NC(=O)C(CCCN=C(N)N)NC(=O)C(CO)NC(=O)C(N)CC(=O)O)C(=O)O. The minimum Gasteiger partial charge on any atom is -0.481 e. The van der Waals surface area contributed by atoms with Crippen LogP contribution in [0.15, 0.2) is 4.99 Å². The molecule has 16 nitrogen and oxygen atoms in total. The number of nitrogens with zero attached hydrogens (tertiary/aromatic N) is 1. The Bertz CT molecular complexity index is 759. The summed E-state index contributed by atoms with van der Waals surface area (Å²) in [6.45, 7) is -0.407. The highest BCUT2D eigenvalue weighted by atomic mass is 16.4. The zero-order valence-corrected chi connectivity index (χ0v) is 19.3. The number of aliphatic hydroxyl groups excluding tert-OH is 1. The number of carbonyl (C=O) groups is 5. The van der Waals surface area contributed by atoms with Crippen LogP contribution >= 0.6 is 0 Å². The first-order chi connectivity index (χ1) is 16.4. The summed E-state index contributed by atoms with van der Waals surface area (Å²) in [5, 5.41) is 34.4. The van der Waals surface area contributed by atoms with Gasteiger partial charge in [-0.1, -0.05) is 0 Å². The first-order valence-corrected chi connectivity index (χ1v) is 10.9. The lowest BCUT2D eigenvalue weighted by Gasteiger charge is -2.24. The standard InChI is InChI=1S/C19H36N8O8/c20-6-2-1-4-12(18(34)35)26-16(32)11(5-3-7-24-19(22)23)25-17(33)13(9-28)27-15(31)10(21)8-14(29)30/h10-13,28H,1-9,20-21H2,(H,25,33)(H,26,32)(H,27,31)(H,29,30)(H,34,35)(H4,22,23,24). The van der Waals surface area contributed by atoms with E-state index in [9.17, 15) is 34.2 Å². The van der Waals surface area contributed by atoms with Crippen LogP contribution in [0.25, 0.3) is 0 Å². The number of guanidine groups is 1. The van der Waals surface area contributed by atoms with Gasteiger partial charge in [-0.2, -0.15) is 0 Å². The molecular weight excluding hydrogens is 468 g/mol. The number of hydrogen-bond donors (Lipinski definition) is 10. The molecule has 0 radical (unpaired) electrons. The Morgan fingerprint density at radius 3 is 1.86 bits per heavy atom. The van der Waals surface area contributed by atoms with Crippen LogP contribution in [0.1, 0.15) is 38.5 Å². The van der Waals surface area contributed by atoms with Crippen molar-refractivity contribution in [1.29, 1.82) is 0 Å². The highest BCUT2D eigenvalue weighted by Gasteiger charge is 2.30. The van der Waals surface area contributed by atoms with Crippen molar-refractivity contribution < 1.29 is 39.3 Å². The number of carbonyl (C=O) groups excluding carboxylic acids is 3. The van der Waals surface area contributed by atoms with E-state index in [0.29, 0.717) is 19.4 Å². The molecule has 0 aromatic rings. The number of hydrogen-bond acceptors (Lipinski definition) is 9. The molecule has 0 aromatic carbocycles. The second-order valence-electron chi connectivity index (χ2n) is 7.64. The summed E-state index contributed by atoms with van der Waals surface area (Å²) in [7, 11) is 0. The summed E-state index contributed by atoms with van der Waals surface area (Å²) in [6.07, 6.45) is 0.630. The zero-order chi connectivity index (χ0) is 27.0. The summed E-state index contributed by atoms with van der Waals surface area (Å²) < 4.78 is 0. The Balaban J connectivity index is 5.38. The molecule has 35 heavy (non-hydrogen) atoms. The van der Waals surface area contributed by atoms with Crippen molar-refractivity contribution in [2.45, 2.75) is 62.7 Å². The molecule has 4 atom stereocenters. The zero-order valence-electron chi connectivity index (χ0n) is 19.3. The third-order valence-corrected chi connectivity index (χ3v) is 4.69. The minimum atomic E-state index is -1.55. The number of nitrogens with two attached hydrogens (primary N) is 4. The van der Waals surface area contributed by atoms with E-state index < -0.39 is 66.9 Å². The second-order valence-corrected chi connectivity index (χ2v) is 7.64. The lowest BCUT2D eigenvalue weighted by atomic mass is 10.1. The Kier molecular flexibility index (Phi) is 15.3. The van der Waals surface area contributed by atoms with Gasteiger partial charge in [0.2, 0.25) is 17.7 Å². The number of aliphatic imine (C=N–C) groups is 1. The van der Waals surface area contributed by atoms with E-state index >= 15 is 0 Å². The van der Waals surface area contributed by atoms with Crippen LogP contribution in [0, 0.1) is 0 Å². The van der Waals surface area contributed by atoms with Crippen LogP contribution in [0.2, 0.25) is 0 Å². The van der Waals surface area contributed by atoms with Gasteiger partial charge in [0, 0.05) is 6.54 Å². The lowest BCUT2D eigenvalue weighted by Crippen LogP contribution is -2.58. The van der Waals surface area contributed by atoms with E-state index in [1.54, 1.807) is 0 Å². The largest absolute Gasteiger partial charge is 0.481 e. The van der Waals surface area contributed by atoms with Crippen LogP contribution in [-0.4, -0.2) is 94.8 Å². The fourth-order valence-electron chi connectivity index (χ4n) is 2.82. The van der Waals surface area contributed by atoms with E-state index in [2.05, 4.69) is 20.9 Å². The molecule has 14 N–H and O–H groups in total. The van der Waals surface area contributed by atoms with Gasteiger partial charge in [-0.25, -0.2) is 4.79 Å². The number of rotatable bonds is 18. The highest BCUT2D eigenvalue weighted by molar-refractivity contribution is 5.94. The Labute approximate surface area is 201 Å². The highest BCUT2D eigenvalue weighted by Crippen LogP contribution is 2.05. The second kappa shape index (κ2) is 17.0. The summed E-state index contributed by atoms with van der Waals surface area (Å²) >= 11 is 0. The van der Waals surface area contributed by atoms with Gasteiger partial charge in [0.15, 0.2) is 5.96 Å². The molecule has 0 saturated heterocycles. The van der Waals surface area contributed by atoms with Crippen molar-refractivity contribution in [1.82, 2.24) is 16.0 Å². The maximum atomic E-state index is 12.8. The van der Waals surface area contributed by atoms with Gasteiger partial charge in [0.25, 0.3) is 0 Å². The van der Waals surface area contributed by atoms with Gasteiger partial charge in [-0.05, 0) is 38.6 Å². The minimum absolute atomic E-state index is 0.00584. The van der Waals surface area contributed by atoms with Crippen molar-refractivity contribution in [3.05, 3.63) is 0 Å². The summed E-state index contributed by atoms with van der Waals surface area (Å²) in [5.74, 6) is -5.57. The topological polar surface area (TPSA) is 299 Å². The Morgan fingerprint density at radius 2 is 1.34 bits per heavy atom. The molecule has 4 unspecified atom stereocenters. The molecule has 0 heterocycles. The molecule has 0 rings (SSSR count). The number of nitrogens with one attached hydrogen (secondary N) is 3. The average Bonchev–Trinajstić information content (AvgIpc) is 2.77. The molecule has 16 heteroatoms. The van der Waals surface area contributed by atoms with Gasteiger partial charge in [0.05, 0.1) is 19.1 Å². The van der Waals surface area contributed by atoms with Gasteiger partial charge in [0.1, 0.15) is 18.1 Å². The normalized spacial score (nSPS) is 14.0. The number of carboxylic acid groups (broad SMARTS) is 2. The van der Waals surface area contributed by atoms with Crippen molar-refractivity contribution in [3.63, 3.8) is 0 Å². The predicted octanol–water partition coefficient (Wildman–Crippen LogP) is -4.50. The molecule has 0 aliphatic heterocycles. The molecule has 0 spiro atoms. The summed E-state index contributed by atoms with van der Waals surface area (Å²) in [4.78, 5) is 63.4. The Hall–Kier alpha value is -3.50. The number of unbranched alkanes of at least 4 members (excludes halogenated alkanes) is 1. The van der Waals surface area contributed by atoms with E-state index in [1.807, 2.05) is 0 Å². The third-order valence-electron chi connectivity index (χ3n) is 4.69. The Morgan fingerprint density at radius 1 is 0.800 bits per heavy atom. The van der Waals surface area contributed by atoms with Crippen LogP contribution in [0.3, 0.4) is 0 Å². The van der Waals surface area contributed by atoms with Gasteiger partial charge in [-0.3, -0.25) is 24.2 Å². The lowest BCUT2D eigenvalue weighted by molar-refractivity contribution is -0.142. The molecule has 0 aliphatic rings. The van der Waals surface area contributed by atoms with E-state index in [1.165, 1.54) is 0 Å². The van der Waals surface area contributed by atoms with Crippen LogP contribution in [-0.2, 0) is 24.0 Å². The summed E-state index contributed by atoms with van der Waals surface area (Å²) in [6, 6.07) is -5.51. The van der Waals surface area contributed by atoms with E-state index in [0.717, 1.165) is 0 Å². The number of carboxylic acids is 2. The first-order valence-electron chi connectivity index (χ1n) is 10.9. The smallest absolute Gasteiger partial charge is 0.326 e.